The summed E-state index contributed by atoms with van der Waals surface area (Å²) in [6.07, 6.45) is 4.99. The van der Waals surface area contributed by atoms with E-state index in [1.54, 1.807) is 5.56 Å². The zero-order valence-electron chi connectivity index (χ0n) is 33.2. The van der Waals surface area contributed by atoms with Crippen LogP contribution in [-0.4, -0.2) is 12.8 Å². The van der Waals surface area contributed by atoms with Gasteiger partial charge in [0.05, 0.1) is 16.6 Å². The fraction of sp³-hybridized carbons (Fsp3) is 0.245. The third-order valence-corrected chi connectivity index (χ3v) is 15.2. The normalized spacial score (nSPS) is 21.6. The highest BCUT2D eigenvalue weighted by atomic mass is 15.3. The zero-order valence-corrected chi connectivity index (χ0v) is 33.2. The maximum Gasteiger partial charge on any atom is 0.198 e. The van der Waals surface area contributed by atoms with E-state index in [4.69, 9.17) is 0 Å². The van der Waals surface area contributed by atoms with Crippen molar-refractivity contribution in [3.63, 3.8) is 0 Å². The second kappa shape index (κ2) is 10.9. The van der Waals surface area contributed by atoms with Crippen LogP contribution >= 0.6 is 0 Å². The molecule has 1 N–H and O–H groups in total. The number of benzene rings is 7. The van der Waals surface area contributed by atoms with Crippen LogP contribution in [0.4, 0.5) is 22.7 Å². The van der Waals surface area contributed by atoms with Crippen LogP contribution in [0, 0.1) is 0 Å². The van der Waals surface area contributed by atoms with Crippen molar-refractivity contribution >= 4 is 51.7 Å². The molecule has 1 fully saturated rings. The molecule has 5 aliphatic rings. The predicted molar refractivity (Wildman–Crippen MR) is 238 cm³/mol. The van der Waals surface area contributed by atoms with Gasteiger partial charge >= 0.3 is 0 Å². The number of hydrogen-bond acceptors (Lipinski definition) is 2. The van der Waals surface area contributed by atoms with Crippen molar-refractivity contribution in [1.29, 1.82) is 0 Å². The lowest BCUT2D eigenvalue weighted by molar-refractivity contribution is 0.195. The molecule has 0 bridgehead atoms. The molecule has 0 saturated heterocycles. The Morgan fingerprint density at radius 1 is 0.589 bits per heavy atom. The maximum absolute atomic E-state index is 4.10. The first kappa shape index (κ1) is 32.7. The molecule has 0 radical (unpaired) electrons. The molecular formula is C53H47BN2. The average molecular weight is 723 g/mol. The molecule has 0 amide bonds. The second-order valence-electron chi connectivity index (χ2n) is 18.8. The van der Waals surface area contributed by atoms with Crippen molar-refractivity contribution in [2.45, 2.75) is 82.1 Å². The summed E-state index contributed by atoms with van der Waals surface area (Å²) in [5, 5.41) is 6.79. The van der Waals surface area contributed by atoms with Crippen LogP contribution in [0.2, 0.25) is 0 Å². The minimum atomic E-state index is -0.438. The van der Waals surface area contributed by atoms with Gasteiger partial charge in [0.2, 0.25) is 0 Å². The number of fused-ring (bicyclic) bond motifs is 16. The Morgan fingerprint density at radius 3 is 2.00 bits per heavy atom. The van der Waals surface area contributed by atoms with Crippen LogP contribution in [-0.2, 0) is 16.2 Å². The number of nitrogens with one attached hydrogen (secondary N) is 1. The number of hydrogen-bond donors (Lipinski definition) is 1. The van der Waals surface area contributed by atoms with Gasteiger partial charge in [0.15, 0.2) is 7.28 Å². The van der Waals surface area contributed by atoms with E-state index in [1.165, 1.54) is 120 Å². The largest absolute Gasteiger partial charge is 0.354 e. The van der Waals surface area contributed by atoms with Crippen molar-refractivity contribution in [3.8, 4) is 22.3 Å². The van der Waals surface area contributed by atoms with Crippen LogP contribution in [0.5, 0.6) is 0 Å². The SMILES string of the molecule is CC(C)(C)c1cc2c3c(c1)C1(C)CCCCC1(C)N3c1c(c(-c3cccc4c3Nc3ccccc3C43c4ccccc4-c4ccccc43)cc3ccccc13)B2. The van der Waals surface area contributed by atoms with Crippen molar-refractivity contribution in [1.82, 2.24) is 0 Å². The van der Waals surface area contributed by atoms with Gasteiger partial charge in [-0.25, -0.2) is 0 Å². The van der Waals surface area contributed by atoms with Crippen molar-refractivity contribution < 1.29 is 0 Å². The van der Waals surface area contributed by atoms with Gasteiger partial charge in [0, 0.05) is 33.4 Å². The summed E-state index contributed by atoms with van der Waals surface area (Å²) >= 11 is 0. The Hall–Kier alpha value is -5.54. The van der Waals surface area contributed by atoms with E-state index in [2.05, 4.69) is 178 Å². The summed E-state index contributed by atoms with van der Waals surface area (Å²) < 4.78 is 0. The molecule has 3 heteroatoms. The van der Waals surface area contributed by atoms with Crippen LogP contribution in [0.25, 0.3) is 33.0 Å². The van der Waals surface area contributed by atoms with Gasteiger partial charge in [-0.15, -0.1) is 0 Å². The van der Waals surface area contributed by atoms with Gasteiger partial charge in [-0.2, -0.15) is 0 Å². The maximum atomic E-state index is 4.10. The number of nitrogens with zero attached hydrogens (tertiary/aromatic N) is 1. The molecule has 2 unspecified atom stereocenters. The average Bonchev–Trinajstić information content (AvgIpc) is 3.62. The van der Waals surface area contributed by atoms with E-state index in [9.17, 15) is 0 Å². The van der Waals surface area contributed by atoms with Gasteiger partial charge in [-0.3, -0.25) is 0 Å². The van der Waals surface area contributed by atoms with Crippen molar-refractivity contribution in [2.24, 2.45) is 0 Å². The molecule has 1 spiro atoms. The van der Waals surface area contributed by atoms with Gasteiger partial charge < -0.3 is 10.2 Å². The zero-order chi connectivity index (χ0) is 37.8. The number of anilines is 4. The first-order valence-corrected chi connectivity index (χ1v) is 20.9. The molecule has 0 aromatic heterocycles. The van der Waals surface area contributed by atoms with Crippen molar-refractivity contribution in [2.75, 3.05) is 10.2 Å². The molecular weight excluding hydrogens is 675 g/mol. The highest BCUT2D eigenvalue weighted by Crippen LogP contribution is 2.64. The second-order valence-corrected chi connectivity index (χ2v) is 18.8. The van der Waals surface area contributed by atoms with Gasteiger partial charge in [-0.1, -0.05) is 167 Å². The van der Waals surface area contributed by atoms with E-state index in [0.29, 0.717) is 0 Å². The quantitative estimate of drug-likeness (QED) is 0.170. The van der Waals surface area contributed by atoms with E-state index in [-0.39, 0.29) is 16.4 Å². The summed E-state index contributed by atoms with van der Waals surface area (Å²) in [6.45, 7) is 12.4. The lowest BCUT2D eigenvalue weighted by atomic mass is 9.56. The molecule has 7 aromatic carbocycles. The topological polar surface area (TPSA) is 15.3 Å². The Bertz CT molecular complexity index is 2810. The Balaban J connectivity index is 1.18. The highest BCUT2D eigenvalue weighted by molar-refractivity contribution is 6.74. The molecule has 1 saturated carbocycles. The van der Waals surface area contributed by atoms with E-state index < -0.39 is 5.41 Å². The standard InChI is InChI=1S/C53H47BN2/c1-50(2,3)33-30-43-49-44(31-33)54-46-38(29-32-17-6-7-18-34(32)48(46)56(49)52(5)28-15-14-27-51(43,52)4)37-21-16-25-42-47(37)55-45-26-13-12-24-41(45)53(42)39-22-10-8-19-35(39)36-20-9-11-23-40(36)53/h6-13,16-26,29-31,54-55H,14-15,27-28H2,1-5H3. The molecule has 56 heavy (non-hydrogen) atoms. The molecule has 2 atom stereocenters. The molecule has 272 valence electrons. The van der Waals surface area contributed by atoms with Crippen molar-refractivity contribution in [3.05, 3.63) is 167 Å². The van der Waals surface area contributed by atoms with Gasteiger partial charge in [0.1, 0.15) is 0 Å². The van der Waals surface area contributed by atoms with E-state index >= 15 is 0 Å². The fourth-order valence-corrected chi connectivity index (χ4v) is 12.3. The molecule has 3 heterocycles. The summed E-state index contributed by atoms with van der Waals surface area (Å²) in [6, 6.07) is 51.4. The van der Waals surface area contributed by atoms with Crippen LogP contribution in [0.15, 0.2) is 133 Å². The number of para-hydroxylation sites is 2. The van der Waals surface area contributed by atoms with Gasteiger partial charge in [-0.05, 0) is 98.2 Å². The summed E-state index contributed by atoms with van der Waals surface area (Å²) in [5.74, 6) is 0. The van der Waals surface area contributed by atoms with E-state index in [1.807, 2.05) is 0 Å². The van der Waals surface area contributed by atoms with E-state index in [0.717, 1.165) is 7.28 Å². The van der Waals surface area contributed by atoms with Gasteiger partial charge in [0.25, 0.3) is 0 Å². The highest BCUT2D eigenvalue weighted by Gasteiger charge is 2.60. The molecule has 2 aliphatic carbocycles. The predicted octanol–water partition coefficient (Wildman–Crippen LogP) is 11.7. The van der Waals surface area contributed by atoms with Crippen LogP contribution < -0.4 is 21.1 Å². The summed E-state index contributed by atoms with van der Waals surface area (Å²) in [4.78, 5) is 2.89. The fourth-order valence-electron chi connectivity index (χ4n) is 12.3. The Morgan fingerprint density at radius 2 is 1.23 bits per heavy atom. The first-order chi connectivity index (χ1) is 27.1. The smallest absolute Gasteiger partial charge is 0.198 e. The Kier molecular flexibility index (Phi) is 6.33. The third-order valence-electron chi connectivity index (χ3n) is 15.2. The summed E-state index contributed by atoms with van der Waals surface area (Å²) in [5.41, 5.74) is 21.7. The Labute approximate surface area is 331 Å². The molecule has 2 nitrogen and oxygen atoms in total. The molecule has 7 aromatic rings. The monoisotopic (exact) mass is 722 g/mol. The lowest BCUT2D eigenvalue weighted by Crippen LogP contribution is -2.57. The summed E-state index contributed by atoms with van der Waals surface area (Å²) in [7, 11) is 0.918. The minimum Gasteiger partial charge on any atom is -0.354 e. The van der Waals surface area contributed by atoms with Crippen LogP contribution in [0.3, 0.4) is 0 Å². The first-order valence-electron chi connectivity index (χ1n) is 20.9. The molecule has 12 rings (SSSR count). The minimum absolute atomic E-state index is 0.0238. The molecule has 3 aliphatic heterocycles. The third kappa shape index (κ3) is 3.85. The van der Waals surface area contributed by atoms with Crippen LogP contribution in [0.1, 0.15) is 93.7 Å². The lowest BCUT2D eigenvalue weighted by Gasteiger charge is -2.51. The number of rotatable bonds is 1.